The fourth-order valence-corrected chi connectivity index (χ4v) is 5.16. The van der Waals surface area contributed by atoms with Crippen molar-refractivity contribution in [2.45, 2.75) is 38.3 Å². The first-order chi connectivity index (χ1) is 13.4. The van der Waals surface area contributed by atoms with Gasteiger partial charge in [0.05, 0.1) is 29.6 Å². The van der Waals surface area contributed by atoms with Gasteiger partial charge < -0.3 is 9.64 Å². The van der Waals surface area contributed by atoms with E-state index in [1.54, 1.807) is 11.8 Å². The third kappa shape index (κ3) is 5.30. The minimum atomic E-state index is -3.39. The van der Waals surface area contributed by atoms with Crippen LogP contribution in [0.15, 0.2) is 35.7 Å². The summed E-state index contributed by atoms with van der Waals surface area (Å²) in [7, 11) is -3.39. The maximum absolute atomic E-state index is 12.4. The van der Waals surface area contributed by atoms with Gasteiger partial charge in [-0.2, -0.15) is 0 Å². The number of ether oxygens (including phenoxy) is 1. The molecule has 7 nitrogen and oxygen atoms in total. The molecule has 1 amide bonds. The van der Waals surface area contributed by atoms with Gasteiger partial charge in [0.15, 0.2) is 0 Å². The van der Waals surface area contributed by atoms with E-state index in [2.05, 4.69) is 4.72 Å². The van der Waals surface area contributed by atoms with E-state index in [0.717, 1.165) is 28.9 Å². The van der Waals surface area contributed by atoms with Crippen molar-refractivity contribution in [3.8, 4) is 11.3 Å². The van der Waals surface area contributed by atoms with Gasteiger partial charge in [-0.15, -0.1) is 11.3 Å². The summed E-state index contributed by atoms with van der Waals surface area (Å²) in [6.45, 7) is 2.58. The van der Waals surface area contributed by atoms with Crippen LogP contribution >= 0.6 is 11.3 Å². The van der Waals surface area contributed by atoms with Gasteiger partial charge in [0.2, 0.25) is 10.0 Å². The Bertz CT molecular complexity index is 899. The Kier molecular flexibility index (Phi) is 6.69. The summed E-state index contributed by atoms with van der Waals surface area (Å²) in [5, 5.41) is 2.85. The highest BCUT2D eigenvalue weighted by molar-refractivity contribution is 7.88. The van der Waals surface area contributed by atoms with Crippen LogP contribution in [-0.2, 0) is 21.2 Å². The van der Waals surface area contributed by atoms with Crippen molar-refractivity contribution in [2.75, 3.05) is 19.4 Å². The number of nitrogens with one attached hydrogen (secondary N) is 1. The molecule has 2 heterocycles. The van der Waals surface area contributed by atoms with Gasteiger partial charge in [-0.25, -0.2) is 22.9 Å². The van der Waals surface area contributed by atoms with Crippen LogP contribution in [0.5, 0.6) is 0 Å². The van der Waals surface area contributed by atoms with E-state index in [1.165, 1.54) is 11.3 Å². The molecule has 1 fully saturated rings. The largest absolute Gasteiger partial charge is 0.450 e. The number of amides is 1. The maximum Gasteiger partial charge on any atom is 0.410 e. The van der Waals surface area contributed by atoms with Crippen LogP contribution in [0, 0.1) is 0 Å². The van der Waals surface area contributed by atoms with Gasteiger partial charge in [-0.1, -0.05) is 30.3 Å². The molecular formula is C19H25N3O4S2. The lowest BCUT2D eigenvalue weighted by molar-refractivity contribution is 0.0678. The fraction of sp³-hybridized carbons (Fsp3) is 0.474. The van der Waals surface area contributed by atoms with Gasteiger partial charge in [-0.05, 0) is 19.8 Å². The van der Waals surface area contributed by atoms with Gasteiger partial charge in [-0.3, -0.25) is 0 Å². The van der Waals surface area contributed by atoms with E-state index in [1.807, 2.05) is 35.7 Å². The van der Waals surface area contributed by atoms with Crippen LogP contribution in [0.3, 0.4) is 0 Å². The number of benzene rings is 1. The predicted molar refractivity (Wildman–Crippen MR) is 110 cm³/mol. The van der Waals surface area contributed by atoms with Crippen LogP contribution in [0.1, 0.15) is 24.8 Å². The molecule has 3 rings (SSSR count). The Morgan fingerprint density at radius 3 is 2.79 bits per heavy atom. The first-order valence-electron chi connectivity index (χ1n) is 9.28. The molecule has 152 valence electrons. The number of sulfonamides is 1. The quantitative estimate of drug-likeness (QED) is 0.772. The Hall–Kier alpha value is -1.97. The minimum Gasteiger partial charge on any atom is -0.450 e. The van der Waals surface area contributed by atoms with Crippen molar-refractivity contribution in [3.63, 3.8) is 0 Å². The number of carbonyl (C=O) groups is 1. The Morgan fingerprint density at radius 1 is 1.36 bits per heavy atom. The Morgan fingerprint density at radius 2 is 2.11 bits per heavy atom. The van der Waals surface area contributed by atoms with Gasteiger partial charge in [0, 0.05) is 30.0 Å². The second kappa shape index (κ2) is 9.02. The third-order valence-electron chi connectivity index (χ3n) is 4.65. The normalized spacial score (nSPS) is 20.1. The van der Waals surface area contributed by atoms with Crippen molar-refractivity contribution in [2.24, 2.45) is 0 Å². The molecule has 2 atom stereocenters. The van der Waals surface area contributed by atoms with Crippen LogP contribution in [0.2, 0.25) is 0 Å². The smallest absolute Gasteiger partial charge is 0.410 e. The second-order valence-corrected chi connectivity index (χ2v) is 9.52. The van der Waals surface area contributed by atoms with Crippen molar-refractivity contribution < 1.29 is 17.9 Å². The van der Waals surface area contributed by atoms with Gasteiger partial charge in [0.1, 0.15) is 0 Å². The van der Waals surface area contributed by atoms with E-state index < -0.39 is 16.1 Å². The third-order valence-corrected chi connectivity index (χ3v) is 6.25. The lowest BCUT2D eigenvalue weighted by Gasteiger charge is -2.40. The number of hydrogen-bond acceptors (Lipinski definition) is 6. The molecule has 1 N–H and O–H groups in total. The van der Waals surface area contributed by atoms with Crippen molar-refractivity contribution in [1.29, 1.82) is 0 Å². The number of aromatic nitrogens is 1. The molecule has 1 aliphatic rings. The molecule has 2 aromatic rings. The maximum atomic E-state index is 12.4. The Labute approximate surface area is 169 Å². The zero-order valence-corrected chi connectivity index (χ0v) is 17.6. The molecular weight excluding hydrogens is 398 g/mol. The number of carbonyl (C=O) groups excluding carboxylic acids is 1. The number of rotatable bonds is 6. The highest BCUT2D eigenvalue weighted by Crippen LogP contribution is 2.27. The van der Waals surface area contributed by atoms with Crippen molar-refractivity contribution in [1.82, 2.24) is 14.6 Å². The van der Waals surface area contributed by atoms with Crippen LogP contribution < -0.4 is 4.72 Å². The fourth-order valence-electron chi connectivity index (χ4n) is 3.48. The van der Waals surface area contributed by atoms with E-state index in [4.69, 9.17) is 9.72 Å². The molecule has 1 aliphatic heterocycles. The molecule has 1 aromatic heterocycles. The Balaban J connectivity index is 1.84. The number of piperidine rings is 1. The van der Waals surface area contributed by atoms with E-state index in [9.17, 15) is 13.2 Å². The monoisotopic (exact) mass is 423 g/mol. The molecule has 28 heavy (non-hydrogen) atoms. The van der Waals surface area contributed by atoms with Gasteiger partial charge >= 0.3 is 6.09 Å². The standard InChI is InChI=1S/C19H25N3O4S2/c1-3-26-19(23)22-11-7-10-15(21-28(2,24)25)17(22)12-18-20-16(13-27-18)14-8-5-4-6-9-14/h4-6,8-9,13,15,17,21H,3,7,10-12H2,1-2H3/t15-,17-/m1/s1. The zero-order valence-electron chi connectivity index (χ0n) is 16.0. The van der Waals surface area contributed by atoms with Crippen LogP contribution in [0.4, 0.5) is 4.79 Å². The summed E-state index contributed by atoms with van der Waals surface area (Å²) >= 11 is 1.52. The lowest BCUT2D eigenvalue weighted by atomic mass is 9.95. The summed E-state index contributed by atoms with van der Waals surface area (Å²) in [5.41, 5.74) is 1.91. The van der Waals surface area contributed by atoms with E-state index in [-0.39, 0.29) is 18.7 Å². The average Bonchev–Trinajstić information content (AvgIpc) is 3.11. The molecule has 0 radical (unpaired) electrons. The summed E-state index contributed by atoms with van der Waals surface area (Å²) in [6.07, 6.45) is 2.60. The van der Waals surface area contributed by atoms with Gasteiger partial charge in [0.25, 0.3) is 0 Å². The van der Waals surface area contributed by atoms with E-state index in [0.29, 0.717) is 19.4 Å². The van der Waals surface area contributed by atoms with Crippen molar-refractivity contribution >= 4 is 27.5 Å². The molecule has 9 heteroatoms. The average molecular weight is 424 g/mol. The molecule has 0 saturated carbocycles. The lowest BCUT2D eigenvalue weighted by Crippen LogP contribution is -2.57. The molecule has 0 aliphatic carbocycles. The predicted octanol–water partition coefficient (Wildman–Crippen LogP) is 2.89. The molecule has 0 bridgehead atoms. The summed E-state index contributed by atoms with van der Waals surface area (Å²) < 4.78 is 31.5. The summed E-state index contributed by atoms with van der Waals surface area (Å²) in [4.78, 5) is 18.8. The minimum absolute atomic E-state index is 0.279. The molecule has 1 aromatic carbocycles. The zero-order chi connectivity index (χ0) is 20.1. The number of hydrogen-bond donors (Lipinski definition) is 1. The summed E-state index contributed by atoms with van der Waals surface area (Å²) in [5.74, 6) is 0. The van der Waals surface area contributed by atoms with Crippen LogP contribution in [0.25, 0.3) is 11.3 Å². The first kappa shape index (κ1) is 20.8. The molecule has 0 spiro atoms. The SMILES string of the molecule is CCOC(=O)N1CCC[C@@H](NS(C)(=O)=O)[C@H]1Cc1nc(-c2ccccc2)cs1. The van der Waals surface area contributed by atoms with E-state index >= 15 is 0 Å². The first-order valence-corrected chi connectivity index (χ1v) is 12.0. The van der Waals surface area contributed by atoms with Crippen molar-refractivity contribution in [3.05, 3.63) is 40.7 Å². The van der Waals surface area contributed by atoms with Crippen LogP contribution in [-0.4, -0.2) is 55.9 Å². The topological polar surface area (TPSA) is 88.6 Å². The molecule has 1 saturated heterocycles. The number of thiazole rings is 1. The number of likely N-dealkylation sites (tertiary alicyclic amines) is 1. The second-order valence-electron chi connectivity index (χ2n) is 6.80. The highest BCUT2D eigenvalue weighted by atomic mass is 32.2. The summed E-state index contributed by atoms with van der Waals surface area (Å²) in [6, 6.07) is 9.18. The highest BCUT2D eigenvalue weighted by Gasteiger charge is 2.37. The molecule has 0 unspecified atom stereocenters. The number of nitrogens with zero attached hydrogens (tertiary/aromatic N) is 2.